The van der Waals surface area contributed by atoms with Crippen molar-refractivity contribution in [2.24, 2.45) is 0 Å². The molecule has 0 spiro atoms. The molecule has 1 aromatic carbocycles. The van der Waals surface area contributed by atoms with Crippen molar-refractivity contribution in [2.45, 2.75) is 13.3 Å². The largest absolute Gasteiger partial charge is 0.504 e. The fourth-order valence-corrected chi connectivity index (χ4v) is 1.50. The van der Waals surface area contributed by atoms with E-state index in [0.717, 1.165) is 12.1 Å². The Morgan fingerprint density at radius 1 is 1.44 bits per heavy atom. The number of phenols is 2. The summed E-state index contributed by atoms with van der Waals surface area (Å²) in [6.07, 6.45) is 0.778. The van der Waals surface area contributed by atoms with E-state index in [9.17, 15) is 15.0 Å². The van der Waals surface area contributed by atoms with Crippen LogP contribution in [0, 0.1) is 0 Å². The maximum absolute atomic E-state index is 11.8. The van der Waals surface area contributed by atoms with E-state index >= 15 is 0 Å². The van der Waals surface area contributed by atoms with Gasteiger partial charge >= 0.3 is 0 Å². The number of carbonyl (C=O) groups is 1. The Morgan fingerprint density at radius 3 is 2.89 bits per heavy atom. The van der Waals surface area contributed by atoms with Crippen LogP contribution in [0.15, 0.2) is 24.3 Å². The molecule has 1 amide bonds. The minimum atomic E-state index is -0.530. The molecule has 0 unspecified atom stereocenters. The zero-order valence-electron chi connectivity index (χ0n) is 9.77. The fourth-order valence-electron chi connectivity index (χ4n) is 1.50. The van der Waals surface area contributed by atoms with Gasteiger partial charge in [-0.2, -0.15) is 5.10 Å². The van der Waals surface area contributed by atoms with Gasteiger partial charge in [0.1, 0.15) is 0 Å². The predicted molar refractivity (Wildman–Crippen MR) is 65.7 cm³/mol. The van der Waals surface area contributed by atoms with Gasteiger partial charge in [-0.05, 0) is 18.6 Å². The third-order valence-corrected chi connectivity index (χ3v) is 2.51. The molecule has 6 nitrogen and oxygen atoms in total. The van der Waals surface area contributed by atoms with E-state index in [1.165, 1.54) is 18.2 Å². The Hall–Kier alpha value is -2.50. The molecule has 18 heavy (non-hydrogen) atoms. The highest BCUT2D eigenvalue weighted by Crippen LogP contribution is 2.28. The zero-order chi connectivity index (χ0) is 13.1. The van der Waals surface area contributed by atoms with Crippen LogP contribution in [0.5, 0.6) is 11.5 Å². The number of aryl methyl sites for hydroxylation is 1. The molecule has 1 heterocycles. The summed E-state index contributed by atoms with van der Waals surface area (Å²) >= 11 is 0. The van der Waals surface area contributed by atoms with Crippen LogP contribution in [0.4, 0.5) is 5.82 Å². The topological polar surface area (TPSA) is 98.2 Å². The molecule has 1 aromatic heterocycles. The molecule has 0 bridgehead atoms. The lowest BCUT2D eigenvalue weighted by Gasteiger charge is -2.05. The van der Waals surface area contributed by atoms with Crippen LogP contribution in [0.1, 0.15) is 23.0 Å². The molecule has 0 saturated carbocycles. The number of anilines is 1. The number of amides is 1. The highest BCUT2D eigenvalue weighted by Gasteiger charge is 2.14. The maximum atomic E-state index is 11.8. The molecule has 0 fully saturated rings. The van der Waals surface area contributed by atoms with Crippen LogP contribution < -0.4 is 5.32 Å². The standard InChI is InChI=1S/C12H13N3O3/c1-2-7-6-10(15-14-7)13-12(18)8-4-3-5-9(16)11(8)17/h3-6,16-17H,2H2,1H3,(H2,13,14,15,18). The summed E-state index contributed by atoms with van der Waals surface area (Å²) in [6.45, 7) is 1.96. The van der Waals surface area contributed by atoms with E-state index in [-0.39, 0.29) is 11.3 Å². The van der Waals surface area contributed by atoms with Crippen molar-refractivity contribution >= 4 is 11.7 Å². The molecule has 0 aliphatic carbocycles. The van der Waals surface area contributed by atoms with Crippen molar-refractivity contribution in [3.63, 3.8) is 0 Å². The first-order valence-electron chi connectivity index (χ1n) is 5.48. The number of para-hydroxylation sites is 1. The summed E-state index contributed by atoms with van der Waals surface area (Å²) in [5.74, 6) is -0.933. The van der Waals surface area contributed by atoms with Gasteiger partial charge in [0.25, 0.3) is 5.91 Å². The van der Waals surface area contributed by atoms with Crippen LogP contribution in [-0.2, 0) is 6.42 Å². The summed E-state index contributed by atoms with van der Waals surface area (Å²) in [4.78, 5) is 11.8. The van der Waals surface area contributed by atoms with Crippen molar-refractivity contribution < 1.29 is 15.0 Å². The number of aromatic amines is 1. The molecule has 0 atom stereocenters. The molecule has 2 aromatic rings. The van der Waals surface area contributed by atoms with Crippen molar-refractivity contribution in [1.82, 2.24) is 10.2 Å². The number of hydrogen-bond donors (Lipinski definition) is 4. The van der Waals surface area contributed by atoms with Gasteiger partial charge in [0, 0.05) is 11.8 Å². The summed E-state index contributed by atoms with van der Waals surface area (Å²) in [5.41, 5.74) is 0.890. The highest BCUT2D eigenvalue weighted by molar-refractivity contribution is 6.06. The number of nitrogens with one attached hydrogen (secondary N) is 2. The number of rotatable bonds is 3. The average Bonchev–Trinajstić information content (AvgIpc) is 2.80. The van der Waals surface area contributed by atoms with E-state index < -0.39 is 11.7 Å². The molecule has 2 rings (SSSR count). The second-order valence-electron chi connectivity index (χ2n) is 3.76. The Labute approximate surface area is 103 Å². The van der Waals surface area contributed by atoms with E-state index in [2.05, 4.69) is 15.5 Å². The van der Waals surface area contributed by atoms with Crippen molar-refractivity contribution in [3.8, 4) is 11.5 Å². The summed E-state index contributed by atoms with van der Waals surface area (Å²) < 4.78 is 0. The van der Waals surface area contributed by atoms with Crippen molar-refractivity contribution in [1.29, 1.82) is 0 Å². The molecule has 0 radical (unpaired) electrons. The minimum Gasteiger partial charge on any atom is -0.504 e. The predicted octanol–water partition coefficient (Wildman–Crippen LogP) is 1.64. The summed E-state index contributed by atoms with van der Waals surface area (Å²) in [6, 6.07) is 5.90. The number of phenolic OH excluding ortho intramolecular Hbond substituents is 2. The molecule has 0 aliphatic rings. The Morgan fingerprint density at radius 2 is 2.22 bits per heavy atom. The van der Waals surface area contributed by atoms with Crippen LogP contribution >= 0.6 is 0 Å². The normalized spacial score (nSPS) is 10.3. The minimum absolute atomic E-state index is 0.00366. The van der Waals surface area contributed by atoms with Crippen LogP contribution in [-0.4, -0.2) is 26.3 Å². The number of hydrogen-bond acceptors (Lipinski definition) is 4. The molecule has 4 N–H and O–H groups in total. The second kappa shape index (κ2) is 4.79. The van der Waals surface area contributed by atoms with Gasteiger partial charge in [-0.15, -0.1) is 0 Å². The summed E-state index contributed by atoms with van der Waals surface area (Å²) in [7, 11) is 0. The first-order chi connectivity index (χ1) is 8.61. The average molecular weight is 247 g/mol. The Balaban J connectivity index is 2.19. The van der Waals surface area contributed by atoms with Crippen molar-refractivity contribution in [3.05, 3.63) is 35.5 Å². The molecule has 0 aliphatic heterocycles. The monoisotopic (exact) mass is 247 g/mol. The lowest BCUT2D eigenvalue weighted by atomic mass is 10.1. The lowest BCUT2D eigenvalue weighted by molar-refractivity contribution is 0.102. The highest BCUT2D eigenvalue weighted by atomic mass is 16.3. The molecular formula is C12H13N3O3. The Bertz CT molecular complexity index is 578. The van der Waals surface area contributed by atoms with Gasteiger partial charge in [-0.3, -0.25) is 9.89 Å². The first kappa shape index (κ1) is 12.0. The zero-order valence-corrected chi connectivity index (χ0v) is 9.77. The lowest BCUT2D eigenvalue weighted by Crippen LogP contribution is -2.12. The quantitative estimate of drug-likeness (QED) is 0.619. The number of carbonyl (C=O) groups excluding carboxylic acids is 1. The maximum Gasteiger partial charge on any atom is 0.260 e. The van der Waals surface area contributed by atoms with Gasteiger partial charge in [0.2, 0.25) is 0 Å². The molecule has 6 heteroatoms. The third kappa shape index (κ3) is 2.27. The summed E-state index contributed by atoms with van der Waals surface area (Å²) in [5, 5.41) is 28.1. The van der Waals surface area contributed by atoms with Gasteiger partial charge in [-0.1, -0.05) is 13.0 Å². The smallest absolute Gasteiger partial charge is 0.260 e. The van der Waals surface area contributed by atoms with E-state index in [4.69, 9.17) is 0 Å². The van der Waals surface area contributed by atoms with Crippen LogP contribution in [0.2, 0.25) is 0 Å². The number of aromatic nitrogens is 2. The number of H-pyrrole nitrogens is 1. The fraction of sp³-hybridized carbons (Fsp3) is 0.167. The van der Waals surface area contributed by atoms with Gasteiger partial charge in [0.15, 0.2) is 17.3 Å². The van der Waals surface area contributed by atoms with Crippen molar-refractivity contribution in [2.75, 3.05) is 5.32 Å². The van der Waals surface area contributed by atoms with E-state index in [0.29, 0.717) is 5.82 Å². The van der Waals surface area contributed by atoms with Gasteiger partial charge < -0.3 is 15.5 Å². The van der Waals surface area contributed by atoms with Gasteiger partial charge in [-0.25, -0.2) is 0 Å². The van der Waals surface area contributed by atoms with Gasteiger partial charge in [0.05, 0.1) is 5.56 Å². The molecule has 0 saturated heterocycles. The van der Waals surface area contributed by atoms with Crippen LogP contribution in [0.25, 0.3) is 0 Å². The number of aromatic hydroxyl groups is 2. The third-order valence-electron chi connectivity index (χ3n) is 2.51. The van der Waals surface area contributed by atoms with E-state index in [1.807, 2.05) is 6.92 Å². The first-order valence-corrected chi connectivity index (χ1v) is 5.48. The second-order valence-corrected chi connectivity index (χ2v) is 3.76. The van der Waals surface area contributed by atoms with Crippen LogP contribution in [0.3, 0.4) is 0 Å². The molecular weight excluding hydrogens is 234 g/mol. The molecule has 94 valence electrons. The van der Waals surface area contributed by atoms with E-state index in [1.54, 1.807) is 6.07 Å². The SMILES string of the molecule is CCc1cc(NC(=O)c2cccc(O)c2O)n[nH]1. The number of nitrogens with zero attached hydrogens (tertiary/aromatic N) is 1. The number of benzene rings is 1. The Kier molecular flexibility index (Phi) is 3.18.